The summed E-state index contributed by atoms with van der Waals surface area (Å²) < 4.78 is 13.3. The Morgan fingerprint density at radius 2 is 2.17 bits per heavy atom. The Balaban J connectivity index is 2.17. The number of nitrogens with one attached hydrogen (secondary N) is 1. The summed E-state index contributed by atoms with van der Waals surface area (Å²) in [6, 6.07) is 1.97. The molecule has 1 unspecified atom stereocenters. The van der Waals surface area contributed by atoms with Crippen LogP contribution in [-0.2, 0) is 0 Å². The minimum absolute atomic E-state index is 0.198. The predicted octanol–water partition coefficient (Wildman–Crippen LogP) is 2.44. The Morgan fingerprint density at radius 3 is 2.83 bits per heavy atom. The third kappa shape index (κ3) is 3.19. The molecule has 1 atom stereocenters. The van der Waals surface area contributed by atoms with E-state index in [9.17, 15) is 4.39 Å². The van der Waals surface area contributed by atoms with Crippen LogP contribution in [0.3, 0.4) is 0 Å². The van der Waals surface area contributed by atoms with Gasteiger partial charge in [-0.3, -0.25) is 4.98 Å². The second kappa shape index (κ2) is 5.22. The van der Waals surface area contributed by atoms with Gasteiger partial charge < -0.3 is 10.2 Å². The van der Waals surface area contributed by atoms with Crippen LogP contribution in [0.1, 0.15) is 27.2 Å². The Morgan fingerprint density at radius 1 is 1.39 bits per heavy atom. The van der Waals surface area contributed by atoms with E-state index in [-0.39, 0.29) is 11.2 Å². The van der Waals surface area contributed by atoms with Crippen LogP contribution in [0.15, 0.2) is 18.5 Å². The third-order valence-corrected chi connectivity index (χ3v) is 3.50. The number of anilines is 1. The molecule has 0 amide bonds. The van der Waals surface area contributed by atoms with Crippen molar-refractivity contribution in [3.05, 3.63) is 24.3 Å². The highest BCUT2D eigenvalue weighted by atomic mass is 19.1. The summed E-state index contributed by atoms with van der Waals surface area (Å²) in [5.41, 5.74) is 1.08. The average molecular weight is 251 g/mol. The average Bonchev–Trinajstić information content (AvgIpc) is 2.53. The zero-order chi connectivity index (χ0) is 13.2. The second-order valence-electron chi connectivity index (χ2n) is 6.03. The Kier molecular flexibility index (Phi) is 3.85. The zero-order valence-corrected chi connectivity index (χ0v) is 11.4. The molecule has 0 aromatic carbocycles. The van der Waals surface area contributed by atoms with Gasteiger partial charge in [-0.2, -0.15) is 0 Å². The molecule has 0 saturated carbocycles. The Bertz CT molecular complexity index is 400. The van der Waals surface area contributed by atoms with Crippen LogP contribution >= 0.6 is 0 Å². The molecule has 2 heterocycles. The molecule has 1 aromatic rings. The van der Waals surface area contributed by atoms with Gasteiger partial charge in [0.25, 0.3) is 0 Å². The highest BCUT2D eigenvalue weighted by Gasteiger charge is 2.28. The van der Waals surface area contributed by atoms with Gasteiger partial charge in [-0.15, -0.1) is 0 Å². The van der Waals surface area contributed by atoms with Crippen LogP contribution < -0.4 is 10.2 Å². The van der Waals surface area contributed by atoms with Gasteiger partial charge in [-0.05, 0) is 18.4 Å². The standard InChI is InChI=1S/C14H22FN3/c1-14(2,3)13-10-18(6-4-5-17-13)12-7-11(15)8-16-9-12/h7-9,13,17H,4-6,10H2,1-3H3. The summed E-state index contributed by atoms with van der Waals surface area (Å²) in [6.07, 6.45) is 4.07. The molecular weight excluding hydrogens is 229 g/mol. The van der Waals surface area contributed by atoms with Crippen molar-refractivity contribution in [1.29, 1.82) is 0 Å². The lowest BCUT2D eigenvalue weighted by Crippen LogP contribution is -2.46. The lowest BCUT2D eigenvalue weighted by atomic mass is 9.86. The Hall–Kier alpha value is -1.16. The smallest absolute Gasteiger partial charge is 0.143 e. The molecule has 3 nitrogen and oxygen atoms in total. The van der Waals surface area contributed by atoms with Crippen molar-refractivity contribution in [3.8, 4) is 0 Å². The van der Waals surface area contributed by atoms with Gasteiger partial charge in [0.15, 0.2) is 0 Å². The maximum atomic E-state index is 13.3. The topological polar surface area (TPSA) is 28.2 Å². The van der Waals surface area contributed by atoms with Crippen molar-refractivity contribution in [1.82, 2.24) is 10.3 Å². The van der Waals surface area contributed by atoms with E-state index < -0.39 is 0 Å². The molecule has 1 aliphatic heterocycles. The number of hydrogen-bond donors (Lipinski definition) is 1. The van der Waals surface area contributed by atoms with Gasteiger partial charge >= 0.3 is 0 Å². The van der Waals surface area contributed by atoms with E-state index in [1.807, 2.05) is 0 Å². The lowest BCUT2D eigenvalue weighted by molar-refractivity contribution is 0.280. The molecule has 1 N–H and O–H groups in total. The Labute approximate surface area is 108 Å². The number of halogens is 1. The molecule has 0 aliphatic carbocycles. The molecule has 0 spiro atoms. The highest BCUT2D eigenvalue weighted by molar-refractivity contribution is 5.44. The van der Waals surface area contributed by atoms with E-state index in [2.05, 4.69) is 36.0 Å². The van der Waals surface area contributed by atoms with Gasteiger partial charge in [0, 0.05) is 25.2 Å². The minimum Gasteiger partial charge on any atom is -0.369 e. The first kappa shape index (κ1) is 13.3. The summed E-state index contributed by atoms with van der Waals surface area (Å²) >= 11 is 0. The third-order valence-electron chi connectivity index (χ3n) is 3.50. The van der Waals surface area contributed by atoms with Crippen LogP contribution in [0.2, 0.25) is 0 Å². The first-order valence-corrected chi connectivity index (χ1v) is 6.56. The number of pyridine rings is 1. The quantitative estimate of drug-likeness (QED) is 0.831. The van der Waals surface area contributed by atoms with E-state index in [4.69, 9.17) is 0 Å². The van der Waals surface area contributed by atoms with Gasteiger partial charge in [-0.25, -0.2) is 4.39 Å². The van der Waals surface area contributed by atoms with Gasteiger partial charge in [-0.1, -0.05) is 20.8 Å². The van der Waals surface area contributed by atoms with E-state index in [1.165, 1.54) is 6.20 Å². The lowest BCUT2D eigenvalue weighted by Gasteiger charge is -2.34. The summed E-state index contributed by atoms with van der Waals surface area (Å²) in [5.74, 6) is -0.267. The maximum Gasteiger partial charge on any atom is 0.143 e. The maximum absolute atomic E-state index is 13.3. The zero-order valence-electron chi connectivity index (χ0n) is 11.4. The van der Waals surface area contributed by atoms with E-state index in [0.717, 1.165) is 31.7 Å². The molecule has 1 aliphatic rings. The monoisotopic (exact) mass is 251 g/mol. The van der Waals surface area contributed by atoms with Crippen molar-refractivity contribution < 1.29 is 4.39 Å². The fourth-order valence-corrected chi connectivity index (χ4v) is 2.31. The highest BCUT2D eigenvalue weighted by Crippen LogP contribution is 2.24. The van der Waals surface area contributed by atoms with E-state index in [0.29, 0.717) is 6.04 Å². The first-order chi connectivity index (χ1) is 8.47. The van der Waals surface area contributed by atoms with Crippen molar-refractivity contribution in [2.75, 3.05) is 24.5 Å². The van der Waals surface area contributed by atoms with Gasteiger partial charge in [0.1, 0.15) is 5.82 Å². The normalized spacial score (nSPS) is 21.8. The summed E-state index contributed by atoms with van der Waals surface area (Å²) in [5, 5.41) is 3.58. The van der Waals surface area contributed by atoms with Crippen LogP contribution in [0, 0.1) is 11.2 Å². The van der Waals surface area contributed by atoms with Crippen LogP contribution in [0.5, 0.6) is 0 Å². The fourth-order valence-electron chi connectivity index (χ4n) is 2.31. The number of hydrogen-bond acceptors (Lipinski definition) is 3. The predicted molar refractivity (Wildman–Crippen MR) is 72.3 cm³/mol. The molecule has 100 valence electrons. The second-order valence-corrected chi connectivity index (χ2v) is 6.03. The molecular formula is C14H22FN3. The van der Waals surface area contributed by atoms with Crippen LogP contribution in [0.4, 0.5) is 10.1 Å². The SMILES string of the molecule is CC(C)(C)C1CN(c2cncc(F)c2)CCCN1. The number of nitrogens with zero attached hydrogens (tertiary/aromatic N) is 2. The molecule has 1 aromatic heterocycles. The van der Waals surface area contributed by atoms with Crippen LogP contribution in [0.25, 0.3) is 0 Å². The first-order valence-electron chi connectivity index (χ1n) is 6.56. The largest absolute Gasteiger partial charge is 0.369 e. The molecule has 1 fully saturated rings. The molecule has 18 heavy (non-hydrogen) atoms. The van der Waals surface area contributed by atoms with Gasteiger partial charge in [0.2, 0.25) is 0 Å². The molecule has 0 radical (unpaired) electrons. The molecule has 0 bridgehead atoms. The molecule has 4 heteroatoms. The van der Waals surface area contributed by atoms with Crippen molar-refractivity contribution in [3.63, 3.8) is 0 Å². The fraction of sp³-hybridized carbons (Fsp3) is 0.643. The summed E-state index contributed by atoms with van der Waals surface area (Å²) in [4.78, 5) is 6.17. The minimum atomic E-state index is -0.267. The van der Waals surface area contributed by atoms with Gasteiger partial charge in [0.05, 0.1) is 18.1 Å². The van der Waals surface area contributed by atoms with Crippen molar-refractivity contribution >= 4 is 5.69 Å². The van der Waals surface area contributed by atoms with E-state index >= 15 is 0 Å². The molecule has 1 saturated heterocycles. The number of aromatic nitrogens is 1. The number of rotatable bonds is 1. The molecule has 2 rings (SSSR count). The van der Waals surface area contributed by atoms with Crippen molar-refractivity contribution in [2.24, 2.45) is 5.41 Å². The van der Waals surface area contributed by atoms with Crippen LogP contribution in [-0.4, -0.2) is 30.7 Å². The van der Waals surface area contributed by atoms with Crippen molar-refractivity contribution in [2.45, 2.75) is 33.2 Å². The van der Waals surface area contributed by atoms with E-state index in [1.54, 1.807) is 12.3 Å². The summed E-state index contributed by atoms with van der Waals surface area (Å²) in [7, 11) is 0. The summed E-state index contributed by atoms with van der Waals surface area (Å²) in [6.45, 7) is 9.56.